The average Bonchev–Trinajstić information content (AvgIpc) is 2.60. The molecule has 0 amide bonds. The zero-order valence-electron chi connectivity index (χ0n) is 15.8. The van der Waals surface area contributed by atoms with Gasteiger partial charge >= 0.3 is 11.9 Å². The Morgan fingerprint density at radius 3 is 1.48 bits per heavy atom. The van der Waals surface area contributed by atoms with Crippen LogP contribution in [0.15, 0.2) is 0 Å². The van der Waals surface area contributed by atoms with Gasteiger partial charge in [-0.25, -0.2) is 0 Å². The maximum atomic E-state index is 12.3. The van der Waals surface area contributed by atoms with E-state index < -0.39 is 17.4 Å². The summed E-state index contributed by atoms with van der Waals surface area (Å²) < 4.78 is 30.5. The third-order valence-electron chi connectivity index (χ3n) is 3.44. The molecule has 25 heavy (non-hydrogen) atoms. The summed E-state index contributed by atoms with van der Waals surface area (Å²) in [6, 6.07) is 0. The molecule has 0 aliphatic heterocycles. The predicted molar refractivity (Wildman–Crippen MR) is 90.3 cm³/mol. The number of carbonyl (C=O) groups excluding carboxylic acids is 2. The molecule has 0 aromatic rings. The van der Waals surface area contributed by atoms with E-state index in [0.717, 1.165) is 0 Å². The molecule has 0 aromatic heterocycles. The summed E-state index contributed by atoms with van der Waals surface area (Å²) in [4.78, 5) is 24.6. The molecule has 0 fully saturated rings. The van der Waals surface area contributed by atoms with Crippen molar-refractivity contribution in [1.29, 1.82) is 0 Å². The summed E-state index contributed by atoms with van der Waals surface area (Å²) in [6.07, 6.45) is 0.995. The number of ether oxygens (including phenoxy) is 6. The summed E-state index contributed by atoms with van der Waals surface area (Å²) in [5.41, 5.74) is -1.33. The van der Waals surface area contributed by atoms with Crippen LogP contribution in [0.1, 0.15) is 26.7 Å². The van der Waals surface area contributed by atoms with Crippen molar-refractivity contribution in [2.24, 2.45) is 5.41 Å². The van der Waals surface area contributed by atoms with Gasteiger partial charge in [0.2, 0.25) is 0 Å². The molecule has 0 aliphatic carbocycles. The fourth-order valence-electron chi connectivity index (χ4n) is 1.98. The maximum absolute atomic E-state index is 12.3. The first-order chi connectivity index (χ1) is 12.0. The lowest BCUT2D eigenvalue weighted by atomic mass is 9.86. The van der Waals surface area contributed by atoms with Crippen molar-refractivity contribution in [3.63, 3.8) is 0 Å². The highest BCUT2D eigenvalue weighted by molar-refractivity contribution is 5.99. The molecule has 148 valence electrons. The number of hydrogen-bond acceptors (Lipinski definition) is 8. The van der Waals surface area contributed by atoms with E-state index in [1.807, 2.05) is 6.92 Å². The molecule has 0 saturated carbocycles. The summed E-state index contributed by atoms with van der Waals surface area (Å²) in [5, 5.41) is 0. The van der Waals surface area contributed by atoms with Crippen molar-refractivity contribution in [3.8, 4) is 0 Å². The zero-order valence-corrected chi connectivity index (χ0v) is 15.8. The van der Waals surface area contributed by atoms with Crippen LogP contribution in [0.5, 0.6) is 0 Å². The minimum absolute atomic E-state index is 0.0786. The largest absolute Gasteiger partial charge is 0.462 e. The van der Waals surface area contributed by atoms with Crippen LogP contribution in [0.4, 0.5) is 0 Å². The van der Waals surface area contributed by atoms with E-state index in [4.69, 9.17) is 28.4 Å². The van der Waals surface area contributed by atoms with Crippen molar-refractivity contribution >= 4 is 11.9 Å². The predicted octanol–water partition coefficient (Wildman–Crippen LogP) is 1.21. The van der Waals surface area contributed by atoms with Gasteiger partial charge in [-0.2, -0.15) is 0 Å². The zero-order chi connectivity index (χ0) is 19.0. The lowest BCUT2D eigenvalue weighted by Gasteiger charge is -2.24. The highest BCUT2D eigenvalue weighted by Crippen LogP contribution is 2.27. The van der Waals surface area contributed by atoms with Crippen LogP contribution >= 0.6 is 0 Å². The molecule has 8 heteroatoms. The molecule has 0 spiro atoms. The normalized spacial score (nSPS) is 11.4. The molecular weight excluding hydrogens is 332 g/mol. The Labute approximate surface area is 150 Å². The minimum Gasteiger partial charge on any atom is -0.462 e. The summed E-state index contributed by atoms with van der Waals surface area (Å²) >= 11 is 0. The van der Waals surface area contributed by atoms with Crippen LogP contribution in [0.3, 0.4) is 0 Å². The van der Waals surface area contributed by atoms with E-state index >= 15 is 0 Å². The summed E-state index contributed by atoms with van der Waals surface area (Å²) in [7, 11) is 3.15. The molecule has 0 aliphatic rings. The fraction of sp³-hybridized carbons (Fsp3) is 0.882. The van der Waals surface area contributed by atoms with Gasteiger partial charge in [0.15, 0.2) is 5.41 Å². The van der Waals surface area contributed by atoms with Gasteiger partial charge < -0.3 is 28.4 Å². The molecular formula is C17H32O8. The van der Waals surface area contributed by atoms with Gasteiger partial charge in [-0.05, 0) is 13.3 Å². The molecule has 0 rings (SSSR count). The summed E-state index contributed by atoms with van der Waals surface area (Å²) in [6.45, 7) is 5.88. The molecule has 0 atom stereocenters. The molecule has 0 heterocycles. The Kier molecular flexibility index (Phi) is 14.3. The lowest BCUT2D eigenvalue weighted by molar-refractivity contribution is -0.173. The van der Waals surface area contributed by atoms with Gasteiger partial charge in [0, 0.05) is 14.2 Å². The molecule has 0 unspecified atom stereocenters. The van der Waals surface area contributed by atoms with E-state index in [9.17, 15) is 9.59 Å². The SMILES string of the molecule is CCCC(C)(C(=O)OCCOCCOC)C(=O)OCCOCCOC. The van der Waals surface area contributed by atoms with E-state index in [0.29, 0.717) is 39.3 Å². The fourth-order valence-corrected chi connectivity index (χ4v) is 1.98. The molecule has 0 saturated heterocycles. The molecule has 0 N–H and O–H groups in total. The molecule has 0 radical (unpaired) electrons. The number of rotatable bonds is 16. The van der Waals surface area contributed by atoms with Gasteiger partial charge in [0.25, 0.3) is 0 Å². The summed E-state index contributed by atoms with van der Waals surface area (Å²) in [5.74, 6) is -1.20. The molecule has 0 bridgehead atoms. The molecule has 0 aromatic carbocycles. The topological polar surface area (TPSA) is 89.5 Å². The highest BCUT2D eigenvalue weighted by Gasteiger charge is 2.43. The number of hydrogen-bond donors (Lipinski definition) is 0. The monoisotopic (exact) mass is 364 g/mol. The number of esters is 2. The van der Waals surface area contributed by atoms with Crippen LogP contribution in [0, 0.1) is 5.41 Å². The van der Waals surface area contributed by atoms with E-state index in [2.05, 4.69) is 0 Å². The second kappa shape index (κ2) is 15.1. The van der Waals surface area contributed by atoms with Crippen LogP contribution in [-0.4, -0.2) is 79.0 Å². The van der Waals surface area contributed by atoms with Crippen LogP contribution < -0.4 is 0 Å². The van der Waals surface area contributed by atoms with Gasteiger partial charge in [-0.15, -0.1) is 0 Å². The van der Waals surface area contributed by atoms with Gasteiger partial charge in [-0.1, -0.05) is 13.3 Å². The third-order valence-corrected chi connectivity index (χ3v) is 3.44. The Morgan fingerprint density at radius 2 is 1.12 bits per heavy atom. The number of methoxy groups -OCH3 is 2. The van der Waals surface area contributed by atoms with Crippen LogP contribution in [-0.2, 0) is 38.0 Å². The van der Waals surface area contributed by atoms with Crippen molar-refractivity contribution in [2.75, 3.05) is 67.1 Å². The van der Waals surface area contributed by atoms with E-state index in [1.165, 1.54) is 0 Å². The minimum atomic E-state index is -1.33. The first kappa shape index (κ1) is 23.8. The standard InChI is InChI=1S/C17H32O8/c1-5-6-17(2,15(18)24-13-11-22-9-7-20-3)16(19)25-14-12-23-10-8-21-4/h5-14H2,1-4H3. The Morgan fingerprint density at radius 1 is 0.720 bits per heavy atom. The second-order valence-corrected chi connectivity index (χ2v) is 5.56. The Hall–Kier alpha value is -1.22. The lowest BCUT2D eigenvalue weighted by Crippen LogP contribution is -2.40. The first-order valence-corrected chi connectivity index (χ1v) is 8.50. The maximum Gasteiger partial charge on any atom is 0.323 e. The number of carbonyl (C=O) groups is 2. The van der Waals surface area contributed by atoms with Crippen molar-refractivity contribution in [3.05, 3.63) is 0 Å². The molecule has 8 nitrogen and oxygen atoms in total. The van der Waals surface area contributed by atoms with Gasteiger partial charge in [-0.3, -0.25) is 9.59 Å². The van der Waals surface area contributed by atoms with Crippen LogP contribution in [0.2, 0.25) is 0 Å². The van der Waals surface area contributed by atoms with Crippen molar-refractivity contribution in [1.82, 2.24) is 0 Å². The van der Waals surface area contributed by atoms with Gasteiger partial charge in [0.1, 0.15) is 13.2 Å². The van der Waals surface area contributed by atoms with E-state index in [1.54, 1.807) is 21.1 Å². The third kappa shape index (κ3) is 10.4. The quantitative estimate of drug-likeness (QED) is 0.229. The smallest absolute Gasteiger partial charge is 0.323 e. The highest BCUT2D eigenvalue weighted by atomic mass is 16.6. The Balaban J connectivity index is 4.24. The Bertz CT molecular complexity index is 331. The van der Waals surface area contributed by atoms with Gasteiger partial charge in [0.05, 0.1) is 39.6 Å². The average molecular weight is 364 g/mol. The van der Waals surface area contributed by atoms with Crippen molar-refractivity contribution in [2.45, 2.75) is 26.7 Å². The first-order valence-electron chi connectivity index (χ1n) is 8.50. The van der Waals surface area contributed by atoms with E-state index in [-0.39, 0.29) is 26.4 Å². The second-order valence-electron chi connectivity index (χ2n) is 5.56. The van der Waals surface area contributed by atoms with Crippen LogP contribution in [0.25, 0.3) is 0 Å². The van der Waals surface area contributed by atoms with Crippen molar-refractivity contribution < 1.29 is 38.0 Å².